The van der Waals surface area contributed by atoms with Crippen molar-refractivity contribution in [2.24, 2.45) is 5.84 Å². The zero-order valence-electron chi connectivity index (χ0n) is 10.3. The van der Waals surface area contributed by atoms with Crippen LogP contribution in [0, 0.1) is 0 Å². The van der Waals surface area contributed by atoms with Gasteiger partial charge in [0.05, 0.1) is 13.2 Å². The Balaban J connectivity index is 2.32. The summed E-state index contributed by atoms with van der Waals surface area (Å²) in [5.74, 6) is 7.25. The Bertz CT molecular complexity index is 374. The van der Waals surface area contributed by atoms with E-state index >= 15 is 0 Å². The van der Waals surface area contributed by atoms with Crippen LogP contribution in [0.4, 0.5) is 0 Å². The monoisotopic (exact) mass is 270 g/mol. The smallest absolute Gasteiger partial charge is 0.265 e. The molecule has 5 nitrogen and oxygen atoms in total. The molecular weight excluding hydrogens is 252 g/mol. The zero-order valence-corrected chi connectivity index (χ0v) is 11.2. The number of thioether (sulfide) groups is 1. The van der Waals surface area contributed by atoms with Crippen LogP contribution in [-0.2, 0) is 4.74 Å². The first-order valence-corrected chi connectivity index (χ1v) is 6.74. The first-order chi connectivity index (χ1) is 8.77. The highest BCUT2D eigenvalue weighted by molar-refractivity contribution is 7.99. The quantitative estimate of drug-likeness (QED) is 0.320. The topological polar surface area (TPSA) is 73.6 Å². The lowest BCUT2D eigenvalue weighted by Crippen LogP contribution is -2.29. The number of ether oxygens (including phenoxy) is 2. The highest BCUT2D eigenvalue weighted by Crippen LogP contribution is 2.13. The molecular formula is C12H18N2O3S. The Morgan fingerprint density at radius 2 is 2.17 bits per heavy atom. The highest BCUT2D eigenvalue weighted by atomic mass is 32.2. The fraction of sp³-hybridized carbons (Fsp3) is 0.417. The summed E-state index contributed by atoms with van der Waals surface area (Å²) in [5, 5.41) is 0. The lowest BCUT2D eigenvalue weighted by atomic mass is 10.2. The number of nitrogen functional groups attached to an aromatic ring is 1. The maximum absolute atomic E-state index is 11.3. The number of hydrogen-bond acceptors (Lipinski definition) is 5. The van der Waals surface area contributed by atoms with Gasteiger partial charge in [0.15, 0.2) is 0 Å². The van der Waals surface area contributed by atoms with E-state index in [1.54, 1.807) is 37.1 Å². The minimum Gasteiger partial charge on any atom is -0.493 e. The van der Waals surface area contributed by atoms with Crippen molar-refractivity contribution in [3.8, 4) is 5.75 Å². The van der Waals surface area contributed by atoms with E-state index in [9.17, 15) is 4.79 Å². The molecule has 100 valence electrons. The normalized spacial score (nSPS) is 10.1. The van der Waals surface area contributed by atoms with Gasteiger partial charge in [-0.25, -0.2) is 5.84 Å². The number of carbonyl (C=O) groups is 1. The number of benzene rings is 1. The third-order valence-electron chi connectivity index (χ3n) is 2.16. The molecule has 0 aliphatic carbocycles. The van der Waals surface area contributed by atoms with Crippen LogP contribution in [0.5, 0.6) is 5.75 Å². The van der Waals surface area contributed by atoms with Gasteiger partial charge in [-0.3, -0.25) is 10.2 Å². The fourth-order valence-corrected chi connectivity index (χ4v) is 1.96. The van der Waals surface area contributed by atoms with Crippen LogP contribution in [-0.4, -0.2) is 37.7 Å². The summed E-state index contributed by atoms with van der Waals surface area (Å²) in [6, 6.07) is 6.93. The van der Waals surface area contributed by atoms with Gasteiger partial charge in [-0.1, -0.05) is 6.07 Å². The summed E-state index contributed by atoms with van der Waals surface area (Å²) in [6.45, 7) is 1.35. The first-order valence-electron chi connectivity index (χ1n) is 5.58. The number of methoxy groups -OCH3 is 1. The molecule has 0 saturated carbocycles. The van der Waals surface area contributed by atoms with Crippen LogP contribution in [0.1, 0.15) is 10.4 Å². The predicted molar refractivity (Wildman–Crippen MR) is 72.8 cm³/mol. The minimum absolute atomic E-state index is 0.324. The van der Waals surface area contributed by atoms with Crippen molar-refractivity contribution in [3.05, 3.63) is 29.8 Å². The summed E-state index contributed by atoms with van der Waals surface area (Å²) in [4.78, 5) is 11.3. The molecule has 1 rings (SSSR count). The van der Waals surface area contributed by atoms with Crippen LogP contribution >= 0.6 is 11.8 Å². The molecule has 1 amide bonds. The summed E-state index contributed by atoms with van der Waals surface area (Å²) in [5.41, 5.74) is 2.57. The summed E-state index contributed by atoms with van der Waals surface area (Å²) < 4.78 is 10.5. The average Bonchev–Trinajstić information content (AvgIpc) is 2.42. The molecule has 0 spiro atoms. The van der Waals surface area contributed by atoms with Gasteiger partial charge in [0.1, 0.15) is 5.75 Å². The van der Waals surface area contributed by atoms with Gasteiger partial charge in [0.2, 0.25) is 0 Å². The third-order valence-corrected chi connectivity index (χ3v) is 3.07. The van der Waals surface area contributed by atoms with E-state index in [-0.39, 0.29) is 5.91 Å². The number of rotatable bonds is 8. The second kappa shape index (κ2) is 8.79. The molecule has 0 saturated heterocycles. The third kappa shape index (κ3) is 5.39. The molecule has 0 unspecified atom stereocenters. The van der Waals surface area contributed by atoms with E-state index in [4.69, 9.17) is 15.3 Å². The van der Waals surface area contributed by atoms with E-state index in [0.29, 0.717) is 17.9 Å². The van der Waals surface area contributed by atoms with Crippen LogP contribution in [0.2, 0.25) is 0 Å². The Morgan fingerprint density at radius 3 is 2.89 bits per heavy atom. The second-order valence-electron chi connectivity index (χ2n) is 3.45. The lowest BCUT2D eigenvalue weighted by molar-refractivity contribution is 0.0953. The Morgan fingerprint density at radius 1 is 1.39 bits per heavy atom. The first kappa shape index (κ1) is 14.8. The Kier molecular flexibility index (Phi) is 7.24. The Labute approximate surface area is 111 Å². The van der Waals surface area contributed by atoms with Gasteiger partial charge >= 0.3 is 0 Å². The lowest BCUT2D eigenvalue weighted by Gasteiger charge is -2.07. The molecule has 0 bridgehead atoms. The van der Waals surface area contributed by atoms with Crippen molar-refractivity contribution >= 4 is 17.7 Å². The summed E-state index contributed by atoms with van der Waals surface area (Å²) in [6.07, 6.45) is 0. The molecule has 6 heteroatoms. The van der Waals surface area contributed by atoms with Crippen molar-refractivity contribution in [2.45, 2.75) is 0 Å². The summed E-state index contributed by atoms with van der Waals surface area (Å²) in [7, 11) is 1.69. The van der Waals surface area contributed by atoms with Gasteiger partial charge in [0.25, 0.3) is 5.91 Å². The number of carbonyl (C=O) groups excluding carboxylic acids is 1. The molecule has 1 aromatic rings. The van der Waals surface area contributed by atoms with Gasteiger partial charge in [-0.15, -0.1) is 0 Å². The van der Waals surface area contributed by atoms with Crippen LogP contribution in [0.3, 0.4) is 0 Å². The number of nitrogens with one attached hydrogen (secondary N) is 1. The molecule has 0 aromatic heterocycles. The van der Waals surface area contributed by atoms with Crippen molar-refractivity contribution in [1.82, 2.24) is 5.43 Å². The second-order valence-corrected chi connectivity index (χ2v) is 4.68. The standard InChI is InChI=1S/C12H18N2O3S/c1-16-5-7-18-8-6-17-11-4-2-3-10(9-11)12(15)14-13/h2-4,9H,5-8,13H2,1H3,(H,14,15). The number of hydrogen-bond donors (Lipinski definition) is 2. The van der Waals surface area contributed by atoms with Gasteiger partial charge in [-0.05, 0) is 18.2 Å². The minimum atomic E-state index is -0.324. The van der Waals surface area contributed by atoms with E-state index in [0.717, 1.165) is 18.1 Å². The maximum Gasteiger partial charge on any atom is 0.265 e. The molecule has 3 N–H and O–H groups in total. The van der Waals surface area contributed by atoms with Crippen LogP contribution < -0.4 is 16.0 Å². The van der Waals surface area contributed by atoms with E-state index < -0.39 is 0 Å². The van der Waals surface area contributed by atoms with E-state index in [2.05, 4.69) is 5.43 Å². The van der Waals surface area contributed by atoms with E-state index in [1.807, 2.05) is 6.07 Å². The predicted octanol–water partition coefficient (Wildman–Crippen LogP) is 1.05. The van der Waals surface area contributed by atoms with Crippen molar-refractivity contribution < 1.29 is 14.3 Å². The molecule has 0 radical (unpaired) electrons. The number of hydrazine groups is 1. The fourth-order valence-electron chi connectivity index (χ4n) is 1.27. The molecule has 0 atom stereocenters. The van der Waals surface area contributed by atoms with Gasteiger partial charge < -0.3 is 9.47 Å². The van der Waals surface area contributed by atoms with E-state index in [1.165, 1.54) is 0 Å². The van der Waals surface area contributed by atoms with Gasteiger partial charge in [0, 0.05) is 24.2 Å². The van der Waals surface area contributed by atoms with Crippen molar-refractivity contribution in [1.29, 1.82) is 0 Å². The molecule has 0 aliphatic rings. The van der Waals surface area contributed by atoms with Crippen molar-refractivity contribution in [3.63, 3.8) is 0 Å². The SMILES string of the molecule is COCCSCCOc1cccc(C(=O)NN)c1. The summed E-state index contributed by atoms with van der Waals surface area (Å²) >= 11 is 1.76. The molecule has 0 aliphatic heterocycles. The Hall–Kier alpha value is -1.24. The van der Waals surface area contributed by atoms with Crippen LogP contribution in [0.25, 0.3) is 0 Å². The van der Waals surface area contributed by atoms with Crippen molar-refractivity contribution in [2.75, 3.05) is 31.8 Å². The number of amides is 1. The molecule has 1 aromatic carbocycles. The average molecular weight is 270 g/mol. The zero-order chi connectivity index (χ0) is 13.2. The number of nitrogens with two attached hydrogens (primary N) is 1. The molecule has 0 heterocycles. The van der Waals surface area contributed by atoms with Crippen LogP contribution in [0.15, 0.2) is 24.3 Å². The molecule has 18 heavy (non-hydrogen) atoms. The van der Waals surface area contributed by atoms with Gasteiger partial charge in [-0.2, -0.15) is 11.8 Å². The highest BCUT2D eigenvalue weighted by Gasteiger charge is 2.04. The maximum atomic E-state index is 11.3. The molecule has 0 fully saturated rings. The largest absolute Gasteiger partial charge is 0.493 e.